The van der Waals surface area contributed by atoms with Crippen molar-refractivity contribution in [3.63, 3.8) is 0 Å². The first-order valence-corrected chi connectivity index (χ1v) is 11.0. The Morgan fingerprint density at radius 1 is 1.26 bits per heavy atom. The van der Waals surface area contributed by atoms with E-state index in [1.165, 1.54) is 12.5 Å². The Kier molecular flexibility index (Phi) is 4.95. The van der Waals surface area contributed by atoms with Crippen molar-refractivity contribution >= 4 is 5.97 Å². The molecule has 0 spiro atoms. The van der Waals surface area contributed by atoms with Gasteiger partial charge in [-0.2, -0.15) is 0 Å². The lowest BCUT2D eigenvalue weighted by Gasteiger charge is -2.58. The number of fused-ring (bicyclic) bond motifs is 5. The van der Waals surface area contributed by atoms with Gasteiger partial charge in [0.2, 0.25) is 0 Å². The van der Waals surface area contributed by atoms with Crippen molar-refractivity contribution in [2.24, 2.45) is 34.5 Å². The molecule has 4 aliphatic rings. The third-order valence-electron chi connectivity index (χ3n) is 8.99. The first-order chi connectivity index (χ1) is 12.8. The molecule has 0 aliphatic heterocycles. The fourth-order valence-corrected chi connectivity index (χ4v) is 7.74. The van der Waals surface area contributed by atoms with Crippen molar-refractivity contribution in [3.8, 4) is 0 Å². The van der Waals surface area contributed by atoms with Crippen LogP contribution in [-0.4, -0.2) is 35.0 Å². The lowest BCUT2D eigenvalue weighted by molar-refractivity contribution is -0.155. The maximum Gasteiger partial charge on any atom is 0.302 e. The highest BCUT2D eigenvalue weighted by atomic mass is 16.5. The van der Waals surface area contributed by atoms with E-state index in [2.05, 4.69) is 13.0 Å². The van der Waals surface area contributed by atoms with E-state index >= 15 is 0 Å². The molecule has 4 aliphatic carbocycles. The van der Waals surface area contributed by atoms with Crippen molar-refractivity contribution in [2.75, 3.05) is 6.61 Å². The molecule has 0 heterocycles. The van der Waals surface area contributed by atoms with Gasteiger partial charge >= 0.3 is 5.97 Å². The number of ether oxygens (including phenoxy) is 1. The summed E-state index contributed by atoms with van der Waals surface area (Å²) in [4.78, 5) is 11.6. The van der Waals surface area contributed by atoms with E-state index in [1.807, 2.05) is 6.92 Å². The molecule has 4 heteroatoms. The Hall–Kier alpha value is -0.870. The molecule has 0 aromatic rings. The van der Waals surface area contributed by atoms with Gasteiger partial charge in [0.25, 0.3) is 0 Å². The second-order valence-electron chi connectivity index (χ2n) is 10.1. The summed E-state index contributed by atoms with van der Waals surface area (Å²) in [5.74, 6) is 1.82. The molecule has 0 aromatic heterocycles. The van der Waals surface area contributed by atoms with Gasteiger partial charge in [0.1, 0.15) is 0 Å². The zero-order valence-corrected chi connectivity index (χ0v) is 17.1. The van der Waals surface area contributed by atoms with Crippen molar-refractivity contribution in [1.29, 1.82) is 0 Å². The molecule has 27 heavy (non-hydrogen) atoms. The SMILES string of the molecule is CC(=O)OCC12CCC3C(CC=C4CC(O)CCC43C)C1CCC2[C@@H](C)O. The Labute approximate surface area is 163 Å². The van der Waals surface area contributed by atoms with Crippen LogP contribution >= 0.6 is 0 Å². The van der Waals surface area contributed by atoms with Gasteiger partial charge in [0.15, 0.2) is 0 Å². The molecule has 4 rings (SSSR count). The maximum absolute atomic E-state index is 11.6. The van der Waals surface area contributed by atoms with Crippen molar-refractivity contribution in [2.45, 2.75) is 84.3 Å². The summed E-state index contributed by atoms with van der Waals surface area (Å²) in [5.41, 5.74) is 1.65. The molecule has 7 unspecified atom stereocenters. The molecular weight excluding hydrogens is 340 g/mol. The van der Waals surface area contributed by atoms with E-state index in [4.69, 9.17) is 4.74 Å². The molecule has 152 valence electrons. The fraction of sp³-hybridized carbons (Fsp3) is 0.870. The van der Waals surface area contributed by atoms with Crippen LogP contribution in [0.1, 0.15) is 72.1 Å². The third-order valence-corrected chi connectivity index (χ3v) is 8.99. The lowest BCUT2D eigenvalue weighted by atomic mass is 9.47. The van der Waals surface area contributed by atoms with E-state index in [-0.39, 0.29) is 34.9 Å². The highest BCUT2D eigenvalue weighted by Crippen LogP contribution is 2.66. The van der Waals surface area contributed by atoms with Crippen molar-refractivity contribution < 1.29 is 19.7 Å². The molecule has 2 N–H and O–H groups in total. The van der Waals surface area contributed by atoms with Crippen LogP contribution in [0.25, 0.3) is 0 Å². The molecule has 3 saturated carbocycles. The van der Waals surface area contributed by atoms with Crippen LogP contribution < -0.4 is 0 Å². The van der Waals surface area contributed by atoms with Crippen molar-refractivity contribution in [3.05, 3.63) is 11.6 Å². The van der Waals surface area contributed by atoms with Crippen molar-refractivity contribution in [1.82, 2.24) is 0 Å². The summed E-state index contributed by atoms with van der Waals surface area (Å²) in [6, 6.07) is 0. The van der Waals surface area contributed by atoms with Crippen LogP contribution in [0, 0.1) is 34.5 Å². The quantitative estimate of drug-likeness (QED) is 0.580. The number of carbonyl (C=O) groups excluding carboxylic acids is 1. The van der Waals surface area contributed by atoms with Gasteiger partial charge in [0, 0.05) is 12.3 Å². The molecule has 0 radical (unpaired) electrons. The number of carbonyl (C=O) groups is 1. The lowest BCUT2D eigenvalue weighted by Crippen LogP contribution is -2.53. The second kappa shape index (κ2) is 6.88. The average Bonchev–Trinajstić information content (AvgIpc) is 3.00. The minimum Gasteiger partial charge on any atom is -0.465 e. The second-order valence-corrected chi connectivity index (χ2v) is 10.1. The van der Waals surface area contributed by atoms with E-state index in [0.29, 0.717) is 24.4 Å². The minimum absolute atomic E-state index is 0.0586. The van der Waals surface area contributed by atoms with Crippen LogP contribution in [-0.2, 0) is 9.53 Å². The maximum atomic E-state index is 11.6. The zero-order chi connectivity index (χ0) is 19.4. The summed E-state index contributed by atoms with van der Waals surface area (Å²) in [5, 5.41) is 20.7. The molecule has 0 bridgehead atoms. The molecule has 8 atom stereocenters. The molecule has 0 amide bonds. The van der Waals surface area contributed by atoms with Gasteiger partial charge in [0.05, 0.1) is 18.8 Å². The molecule has 0 saturated heterocycles. The topological polar surface area (TPSA) is 66.8 Å². The summed E-state index contributed by atoms with van der Waals surface area (Å²) in [6.45, 7) is 6.31. The number of allylic oxidation sites excluding steroid dienone is 1. The number of esters is 1. The summed E-state index contributed by atoms with van der Waals surface area (Å²) < 4.78 is 5.59. The predicted molar refractivity (Wildman–Crippen MR) is 104 cm³/mol. The summed E-state index contributed by atoms with van der Waals surface area (Å²) in [6.07, 6.45) is 10.2. The highest BCUT2D eigenvalue weighted by Gasteiger charge is 2.61. The van der Waals surface area contributed by atoms with Gasteiger partial charge < -0.3 is 14.9 Å². The van der Waals surface area contributed by atoms with Gasteiger partial charge in [-0.15, -0.1) is 0 Å². The smallest absolute Gasteiger partial charge is 0.302 e. The summed E-state index contributed by atoms with van der Waals surface area (Å²) >= 11 is 0. The molecule has 3 fully saturated rings. The monoisotopic (exact) mass is 376 g/mol. The van der Waals surface area contributed by atoms with Gasteiger partial charge in [-0.05, 0) is 87.4 Å². The standard InChI is InChI=1S/C23H36O4/c1-14(24)19-6-7-21-18-5-4-16-12-17(26)8-10-22(16,3)20(18)9-11-23(19,21)13-27-15(2)25/h4,14,17-21,24,26H,5-13H2,1-3H3/t14-,17?,18?,19?,20?,21?,22?,23?/m1/s1. The highest BCUT2D eigenvalue weighted by molar-refractivity contribution is 5.65. The largest absolute Gasteiger partial charge is 0.465 e. The van der Waals surface area contributed by atoms with Crippen LogP contribution in [0.2, 0.25) is 0 Å². The molecule has 4 nitrogen and oxygen atoms in total. The predicted octanol–water partition coefficient (Wildman–Crippen LogP) is 3.85. The molecular formula is C23H36O4. The van der Waals surface area contributed by atoms with E-state index in [0.717, 1.165) is 51.4 Å². The molecule has 0 aromatic carbocycles. The number of hydrogen-bond donors (Lipinski definition) is 2. The van der Waals surface area contributed by atoms with Gasteiger partial charge in [-0.3, -0.25) is 4.79 Å². The van der Waals surface area contributed by atoms with Crippen LogP contribution in [0.4, 0.5) is 0 Å². The van der Waals surface area contributed by atoms with Crippen LogP contribution in [0.15, 0.2) is 11.6 Å². The van der Waals surface area contributed by atoms with Crippen LogP contribution in [0.3, 0.4) is 0 Å². The Morgan fingerprint density at radius 3 is 2.74 bits per heavy atom. The Morgan fingerprint density at radius 2 is 2.04 bits per heavy atom. The number of aliphatic hydroxyl groups is 2. The minimum atomic E-state index is -0.350. The summed E-state index contributed by atoms with van der Waals surface area (Å²) in [7, 11) is 0. The number of rotatable bonds is 3. The number of aliphatic hydroxyl groups excluding tert-OH is 2. The van der Waals surface area contributed by atoms with E-state index < -0.39 is 0 Å². The van der Waals surface area contributed by atoms with E-state index in [1.54, 1.807) is 0 Å². The van der Waals surface area contributed by atoms with Gasteiger partial charge in [-0.1, -0.05) is 18.6 Å². The fourth-order valence-electron chi connectivity index (χ4n) is 7.74. The first kappa shape index (κ1) is 19.4. The zero-order valence-electron chi connectivity index (χ0n) is 17.1. The first-order valence-electron chi connectivity index (χ1n) is 11.0. The van der Waals surface area contributed by atoms with E-state index in [9.17, 15) is 15.0 Å². The average molecular weight is 377 g/mol. The Balaban J connectivity index is 1.66. The Bertz CT molecular complexity index is 626. The van der Waals surface area contributed by atoms with Crippen LogP contribution in [0.5, 0.6) is 0 Å². The third kappa shape index (κ3) is 2.98. The van der Waals surface area contributed by atoms with Gasteiger partial charge in [-0.25, -0.2) is 0 Å². The normalized spacial score (nSPS) is 47.3. The number of hydrogen-bond acceptors (Lipinski definition) is 4.